The Bertz CT molecular complexity index is 383. The quantitative estimate of drug-likeness (QED) is 0.402. The van der Waals surface area contributed by atoms with Crippen molar-refractivity contribution in [3.63, 3.8) is 0 Å². The van der Waals surface area contributed by atoms with Gasteiger partial charge in [-0.15, -0.1) is 0 Å². The maximum atomic E-state index is 10.5. The Balaban J connectivity index is 2.46. The van der Waals surface area contributed by atoms with Crippen LogP contribution in [0, 0.1) is 10.1 Å². The van der Waals surface area contributed by atoms with Gasteiger partial charge in [-0.1, -0.05) is 45.2 Å². The molecular formula is C12H15Br2NO3. The van der Waals surface area contributed by atoms with Crippen LogP contribution in [0.5, 0.6) is 5.75 Å². The van der Waals surface area contributed by atoms with Crippen molar-refractivity contribution in [2.24, 2.45) is 0 Å². The number of nitrogens with zero attached hydrogens (tertiary/aromatic N) is 1. The average Bonchev–Trinajstić information content (AvgIpc) is 2.36. The molecule has 0 amide bonds. The molecule has 0 bridgehead atoms. The van der Waals surface area contributed by atoms with Gasteiger partial charge in [-0.2, -0.15) is 0 Å². The van der Waals surface area contributed by atoms with E-state index in [1.807, 2.05) is 0 Å². The van der Waals surface area contributed by atoms with Crippen LogP contribution in [0.4, 0.5) is 5.69 Å². The highest BCUT2D eigenvalue weighted by Crippen LogP contribution is 2.22. The lowest BCUT2D eigenvalue weighted by Gasteiger charge is -2.16. The van der Waals surface area contributed by atoms with Gasteiger partial charge in [0, 0.05) is 17.0 Å². The number of hydrogen-bond donors (Lipinski definition) is 0. The maximum Gasteiger partial charge on any atom is 0.269 e. The molecule has 4 nitrogen and oxygen atoms in total. The Kier molecular flexibility index (Phi) is 6.63. The fraction of sp³-hybridized carbons (Fsp3) is 0.500. The number of alkyl halides is 2. The van der Waals surface area contributed by atoms with Crippen LogP contribution in [0.15, 0.2) is 24.3 Å². The molecule has 0 aliphatic rings. The van der Waals surface area contributed by atoms with Gasteiger partial charge >= 0.3 is 0 Å². The lowest BCUT2D eigenvalue weighted by Crippen LogP contribution is -2.21. The summed E-state index contributed by atoms with van der Waals surface area (Å²) in [7, 11) is 0. The summed E-state index contributed by atoms with van der Waals surface area (Å²) in [6, 6.07) is 6.11. The van der Waals surface area contributed by atoms with Crippen LogP contribution in [0.1, 0.15) is 19.8 Å². The lowest BCUT2D eigenvalue weighted by molar-refractivity contribution is -0.384. The van der Waals surface area contributed by atoms with Crippen molar-refractivity contribution in [1.29, 1.82) is 0 Å². The highest BCUT2D eigenvalue weighted by molar-refractivity contribution is 9.12. The first kappa shape index (κ1) is 15.4. The van der Waals surface area contributed by atoms with Gasteiger partial charge in [0.05, 0.1) is 9.75 Å². The van der Waals surface area contributed by atoms with Crippen molar-refractivity contribution in [1.82, 2.24) is 0 Å². The Morgan fingerprint density at radius 1 is 1.28 bits per heavy atom. The van der Waals surface area contributed by atoms with Gasteiger partial charge in [-0.25, -0.2) is 0 Å². The normalized spacial score (nSPS) is 13.9. The molecule has 0 heterocycles. The van der Waals surface area contributed by atoms with Crippen molar-refractivity contribution in [2.45, 2.75) is 29.4 Å². The molecule has 0 unspecified atom stereocenters. The molecular weight excluding hydrogens is 366 g/mol. The smallest absolute Gasteiger partial charge is 0.269 e. The average molecular weight is 381 g/mol. The van der Waals surface area contributed by atoms with Crippen LogP contribution < -0.4 is 4.74 Å². The van der Waals surface area contributed by atoms with E-state index < -0.39 is 4.92 Å². The van der Waals surface area contributed by atoms with E-state index in [-0.39, 0.29) is 10.5 Å². The zero-order valence-corrected chi connectivity index (χ0v) is 13.2. The van der Waals surface area contributed by atoms with Gasteiger partial charge in [-0.05, 0) is 18.6 Å². The van der Waals surface area contributed by atoms with E-state index in [4.69, 9.17) is 4.74 Å². The number of benzene rings is 1. The highest BCUT2D eigenvalue weighted by atomic mass is 79.9. The molecule has 18 heavy (non-hydrogen) atoms. The molecule has 1 rings (SSSR count). The Morgan fingerprint density at radius 3 is 2.39 bits per heavy atom. The van der Waals surface area contributed by atoms with Gasteiger partial charge in [0.1, 0.15) is 12.4 Å². The maximum absolute atomic E-state index is 10.5. The van der Waals surface area contributed by atoms with Crippen LogP contribution in [0.2, 0.25) is 0 Å². The van der Waals surface area contributed by atoms with Crippen molar-refractivity contribution < 1.29 is 9.66 Å². The first-order valence-electron chi connectivity index (χ1n) is 5.70. The summed E-state index contributed by atoms with van der Waals surface area (Å²) < 4.78 is 5.57. The summed E-state index contributed by atoms with van der Waals surface area (Å²) in [5.74, 6) is 0.640. The second-order valence-electron chi connectivity index (χ2n) is 3.88. The monoisotopic (exact) mass is 379 g/mol. The standard InChI is InChI=1S/C12H15Br2NO3/c1-2-3-11(13)12(14)8-18-10-6-4-9(5-7-10)15(16)17/h4-7,11-12H,2-3,8H2,1H3/t11-,12-/m0/s1. The molecule has 6 heteroatoms. The number of hydrogen-bond acceptors (Lipinski definition) is 3. The number of rotatable bonds is 7. The molecule has 1 aromatic carbocycles. The molecule has 0 fully saturated rings. The van der Waals surface area contributed by atoms with Crippen molar-refractivity contribution in [3.05, 3.63) is 34.4 Å². The zero-order valence-electron chi connectivity index (χ0n) is 10.0. The summed E-state index contributed by atoms with van der Waals surface area (Å²) in [5.41, 5.74) is 0.0714. The third-order valence-electron chi connectivity index (χ3n) is 2.41. The summed E-state index contributed by atoms with van der Waals surface area (Å²) in [5, 5.41) is 10.5. The van der Waals surface area contributed by atoms with E-state index in [0.29, 0.717) is 17.2 Å². The molecule has 100 valence electrons. The summed E-state index contributed by atoms with van der Waals surface area (Å²) >= 11 is 7.15. The molecule has 0 spiro atoms. The molecule has 0 aromatic heterocycles. The predicted octanol–water partition coefficient (Wildman–Crippen LogP) is 4.30. The molecule has 0 saturated heterocycles. The third kappa shape index (κ3) is 4.94. The predicted molar refractivity (Wildman–Crippen MR) is 78.9 cm³/mol. The van der Waals surface area contributed by atoms with Crippen molar-refractivity contribution in [3.8, 4) is 5.75 Å². The molecule has 0 saturated carbocycles. The van der Waals surface area contributed by atoms with E-state index in [1.165, 1.54) is 12.1 Å². The van der Waals surface area contributed by atoms with Crippen LogP contribution in [-0.4, -0.2) is 21.2 Å². The van der Waals surface area contributed by atoms with Gasteiger partial charge in [0.2, 0.25) is 0 Å². The van der Waals surface area contributed by atoms with E-state index in [2.05, 4.69) is 38.8 Å². The Morgan fingerprint density at radius 2 is 1.89 bits per heavy atom. The van der Waals surface area contributed by atoms with Gasteiger partial charge in [0.25, 0.3) is 5.69 Å². The second-order valence-corrected chi connectivity index (χ2v) is 6.23. The Labute approximate surface area is 123 Å². The topological polar surface area (TPSA) is 52.4 Å². The summed E-state index contributed by atoms with van der Waals surface area (Å²) in [6.45, 7) is 2.65. The summed E-state index contributed by atoms with van der Waals surface area (Å²) in [4.78, 5) is 10.6. The molecule has 2 atom stereocenters. The van der Waals surface area contributed by atoms with Gasteiger partial charge in [0.15, 0.2) is 0 Å². The second kappa shape index (κ2) is 7.74. The van der Waals surface area contributed by atoms with E-state index in [0.717, 1.165) is 12.8 Å². The van der Waals surface area contributed by atoms with Crippen LogP contribution in [-0.2, 0) is 0 Å². The molecule has 0 N–H and O–H groups in total. The van der Waals surface area contributed by atoms with Crippen LogP contribution in [0.25, 0.3) is 0 Å². The van der Waals surface area contributed by atoms with Crippen molar-refractivity contribution >= 4 is 37.5 Å². The number of nitro benzene ring substituents is 1. The van der Waals surface area contributed by atoms with E-state index in [1.54, 1.807) is 12.1 Å². The number of non-ortho nitro benzene ring substituents is 1. The first-order chi connectivity index (χ1) is 8.54. The zero-order chi connectivity index (χ0) is 13.5. The fourth-order valence-corrected chi connectivity index (χ4v) is 2.41. The van der Waals surface area contributed by atoms with Gasteiger partial charge < -0.3 is 4.74 Å². The minimum Gasteiger partial charge on any atom is -0.492 e. The van der Waals surface area contributed by atoms with Crippen LogP contribution >= 0.6 is 31.9 Å². The number of ether oxygens (including phenoxy) is 1. The van der Waals surface area contributed by atoms with Crippen LogP contribution in [0.3, 0.4) is 0 Å². The Hall–Kier alpha value is -0.620. The number of halogens is 2. The lowest BCUT2D eigenvalue weighted by atomic mass is 10.2. The highest BCUT2D eigenvalue weighted by Gasteiger charge is 2.15. The third-order valence-corrected chi connectivity index (χ3v) is 5.12. The molecule has 1 aromatic rings. The summed E-state index contributed by atoms with van der Waals surface area (Å²) in [6.07, 6.45) is 2.18. The number of nitro groups is 1. The molecule has 0 aliphatic carbocycles. The fourth-order valence-electron chi connectivity index (χ4n) is 1.40. The van der Waals surface area contributed by atoms with E-state index in [9.17, 15) is 10.1 Å². The minimum absolute atomic E-state index is 0.0714. The first-order valence-corrected chi connectivity index (χ1v) is 7.53. The molecule has 0 radical (unpaired) electrons. The minimum atomic E-state index is -0.424. The molecule has 0 aliphatic heterocycles. The van der Waals surface area contributed by atoms with E-state index >= 15 is 0 Å². The van der Waals surface area contributed by atoms with Gasteiger partial charge in [-0.3, -0.25) is 10.1 Å². The SMILES string of the molecule is CCC[C@H](Br)[C@@H](Br)COc1ccc([N+](=O)[O-])cc1. The van der Waals surface area contributed by atoms with Crippen molar-refractivity contribution in [2.75, 3.05) is 6.61 Å². The largest absolute Gasteiger partial charge is 0.492 e.